The highest BCUT2D eigenvalue weighted by atomic mass is 16.2. The maximum absolute atomic E-state index is 12.5. The van der Waals surface area contributed by atoms with Gasteiger partial charge in [0.25, 0.3) is 5.91 Å². The van der Waals surface area contributed by atoms with Gasteiger partial charge in [0.1, 0.15) is 6.04 Å². The second-order valence-electron chi connectivity index (χ2n) is 4.76. The average molecular weight is 266 g/mol. The first-order chi connectivity index (χ1) is 9.79. The number of nitrogens with zero attached hydrogens (tertiary/aromatic N) is 3. The van der Waals surface area contributed by atoms with Gasteiger partial charge in [-0.2, -0.15) is 5.26 Å². The summed E-state index contributed by atoms with van der Waals surface area (Å²) in [5.74, 6) is -0.0937. The molecule has 20 heavy (non-hydrogen) atoms. The smallest absolute Gasteiger partial charge is 0.255 e. The zero-order valence-corrected chi connectivity index (χ0v) is 10.9. The second kappa shape index (κ2) is 5.27. The lowest BCUT2D eigenvalue weighted by Crippen LogP contribution is -2.53. The minimum Gasteiger partial charge on any atom is -0.320 e. The third-order valence-corrected chi connectivity index (χ3v) is 3.50. The number of fused-ring (bicyclic) bond motifs is 1. The molecule has 100 valence electrons. The van der Waals surface area contributed by atoms with Crippen molar-refractivity contribution in [2.45, 2.75) is 6.04 Å². The number of nitrogens with one attached hydrogen (secondary N) is 1. The molecule has 5 nitrogen and oxygen atoms in total. The fourth-order valence-corrected chi connectivity index (χ4v) is 2.44. The minimum absolute atomic E-state index is 0.0937. The van der Waals surface area contributed by atoms with Crippen LogP contribution in [-0.4, -0.2) is 41.5 Å². The molecule has 1 aromatic carbocycles. The van der Waals surface area contributed by atoms with Gasteiger partial charge in [-0.1, -0.05) is 6.07 Å². The van der Waals surface area contributed by atoms with E-state index in [-0.39, 0.29) is 5.91 Å². The first kappa shape index (κ1) is 12.6. The van der Waals surface area contributed by atoms with Crippen LogP contribution < -0.4 is 5.32 Å². The summed E-state index contributed by atoms with van der Waals surface area (Å²) in [5.41, 5.74) is 1.47. The Morgan fingerprint density at radius 1 is 1.45 bits per heavy atom. The van der Waals surface area contributed by atoms with E-state index in [0.717, 1.165) is 17.4 Å². The Kier molecular flexibility index (Phi) is 3.32. The maximum Gasteiger partial charge on any atom is 0.255 e. The van der Waals surface area contributed by atoms with Gasteiger partial charge in [0.2, 0.25) is 0 Å². The van der Waals surface area contributed by atoms with Crippen molar-refractivity contribution in [3.8, 4) is 6.07 Å². The van der Waals surface area contributed by atoms with Crippen LogP contribution in [0.4, 0.5) is 0 Å². The molecule has 0 aliphatic carbocycles. The van der Waals surface area contributed by atoms with Gasteiger partial charge in [0, 0.05) is 36.8 Å². The van der Waals surface area contributed by atoms with Crippen LogP contribution in [0.15, 0.2) is 36.5 Å². The highest BCUT2D eigenvalue weighted by molar-refractivity contribution is 5.98. The van der Waals surface area contributed by atoms with Gasteiger partial charge in [0.05, 0.1) is 11.6 Å². The van der Waals surface area contributed by atoms with Crippen molar-refractivity contribution < 1.29 is 4.79 Å². The molecule has 3 rings (SSSR count). The molecule has 1 fully saturated rings. The number of pyridine rings is 1. The number of carbonyl (C=O) groups is 1. The van der Waals surface area contributed by atoms with Crippen LogP contribution in [0.5, 0.6) is 0 Å². The van der Waals surface area contributed by atoms with Crippen LogP contribution in [0.3, 0.4) is 0 Å². The third-order valence-electron chi connectivity index (χ3n) is 3.50. The molecule has 1 unspecified atom stereocenters. The van der Waals surface area contributed by atoms with Crippen molar-refractivity contribution in [1.82, 2.24) is 15.2 Å². The molecule has 2 aromatic rings. The largest absolute Gasteiger partial charge is 0.320 e. The van der Waals surface area contributed by atoms with E-state index >= 15 is 0 Å². The molecule has 5 heteroatoms. The zero-order chi connectivity index (χ0) is 13.9. The van der Waals surface area contributed by atoms with Crippen LogP contribution in [0.2, 0.25) is 0 Å². The summed E-state index contributed by atoms with van der Waals surface area (Å²) in [6.07, 6.45) is 1.73. The van der Waals surface area contributed by atoms with Crippen LogP contribution in [0.1, 0.15) is 10.4 Å². The Balaban J connectivity index is 1.93. The average Bonchev–Trinajstić information content (AvgIpc) is 2.53. The van der Waals surface area contributed by atoms with E-state index in [0.29, 0.717) is 18.7 Å². The molecule has 0 saturated carbocycles. The fraction of sp³-hybridized carbons (Fsp3) is 0.267. The van der Waals surface area contributed by atoms with E-state index < -0.39 is 6.04 Å². The lowest BCUT2D eigenvalue weighted by Gasteiger charge is -2.32. The molecule has 1 saturated heterocycles. The lowest BCUT2D eigenvalue weighted by molar-refractivity contribution is 0.0687. The van der Waals surface area contributed by atoms with Crippen molar-refractivity contribution in [2.24, 2.45) is 0 Å². The molecule has 2 heterocycles. The summed E-state index contributed by atoms with van der Waals surface area (Å²) in [6.45, 7) is 1.80. The highest BCUT2D eigenvalue weighted by Crippen LogP contribution is 2.16. The molecular weight excluding hydrogens is 252 g/mol. The van der Waals surface area contributed by atoms with E-state index in [1.807, 2.05) is 24.3 Å². The van der Waals surface area contributed by atoms with Gasteiger partial charge in [-0.25, -0.2) is 0 Å². The second-order valence-corrected chi connectivity index (χ2v) is 4.76. The maximum atomic E-state index is 12.5. The number of hydrogen-bond acceptors (Lipinski definition) is 4. The Bertz CT molecular complexity index is 692. The van der Waals surface area contributed by atoms with Crippen molar-refractivity contribution in [2.75, 3.05) is 19.6 Å². The van der Waals surface area contributed by atoms with Crippen molar-refractivity contribution in [3.63, 3.8) is 0 Å². The lowest BCUT2D eigenvalue weighted by atomic mass is 10.1. The van der Waals surface area contributed by atoms with E-state index in [4.69, 9.17) is 5.26 Å². The van der Waals surface area contributed by atoms with E-state index in [2.05, 4.69) is 16.4 Å². The van der Waals surface area contributed by atoms with Crippen LogP contribution in [0, 0.1) is 11.3 Å². The minimum atomic E-state index is -0.402. The van der Waals surface area contributed by atoms with E-state index in [1.54, 1.807) is 17.2 Å². The van der Waals surface area contributed by atoms with Crippen LogP contribution in [0.25, 0.3) is 10.9 Å². The van der Waals surface area contributed by atoms with Gasteiger partial charge in [-0.15, -0.1) is 0 Å². The molecule has 1 aliphatic rings. The van der Waals surface area contributed by atoms with E-state index in [1.165, 1.54) is 0 Å². The summed E-state index contributed by atoms with van der Waals surface area (Å²) in [6, 6.07) is 11.0. The zero-order valence-electron chi connectivity index (χ0n) is 10.9. The van der Waals surface area contributed by atoms with Crippen LogP contribution in [-0.2, 0) is 0 Å². The number of aromatic nitrogens is 1. The van der Waals surface area contributed by atoms with E-state index in [9.17, 15) is 4.79 Å². The summed E-state index contributed by atoms with van der Waals surface area (Å²) in [5, 5.41) is 13.2. The third kappa shape index (κ3) is 2.22. The number of rotatable bonds is 1. The monoisotopic (exact) mass is 266 g/mol. The van der Waals surface area contributed by atoms with Crippen LogP contribution >= 0.6 is 0 Å². The number of benzene rings is 1. The topological polar surface area (TPSA) is 69.0 Å². The molecule has 1 aromatic heterocycles. The summed E-state index contributed by atoms with van der Waals surface area (Å²) in [7, 11) is 0. The van der Waals surface area contributed by atoms with Gasteiger partial charge in [0.15, 0.2) is 0 Å². The molecule has 0 bridgehead atoms. The Hall–Kier alpha value is -2.45. The van der Waals surface area contributed by atoms with Gasteiger partial charge < -0.3 is 10.2 Å². The highest BCUT2D eigenvalue weighted by Gasteiger charge is 2.27. The fourth-order valence-electron chi connectivity index (χ4n) is 2.44. The molecule has 1 aliphatic heterocycles. The molecule has 1 N–H and O–H groups in total. The Labute approximate surface area is 116 Å². The molecule has 0 radical (unpaired) electrons. The summed E-state index contributed by atoms with van der Waals surface area (Å²) < 4.78 is 0. The number of hydrogen-bond donors (Lipinski definition) is 1. The Morgan fingerprint density at radius 2 is 2.35 bits per heavy atom. The first-order valence-electron chi connectivity index (χ1n) is 6.55. The summed E-state index contributed by atoms with van der Waals surface area (Å²) >= 11 is 0. The van der Waals surface area contributed by atoms with Gasteiger partial charge in [-0.3, -0.25) is 9.78 Å². The summed E-state index contributed by atoms with van der Waals surface area (Å²) in [4.78, 5) is 18.4. The molecule has 0 spiro atoms. The van der Waals surface area contributed by atoms with Crippen molar-refractivity contribution in [3.05, 3.63) is 42.1 Å². The van der Waals surface area contributed by atoms with Crippen molar-refractivity contribution >= 4 is 16.8 Å². The molecule has 1 amide bonds. The number of amides is 1. The standard InChI is InChI=1S/C15H14N4O/c16-9-13-10-17-6-7-19(13)15(20)12-3-4-14-11(8-12)2-1-5-18-14/h1-5,8,13,17H,6-7,10H2. The van der Waals surface area contributed by atoms with Gasteiger partial charge in [-0.05, 0) is 24.3 Å². The number of nitriles is 1. The Morgan fingerprint density at radius 3 is 3.20 bits per heavy atom. The van der Waals surface area contributed by atoms with Gasteiger partial charge >= 0.3 is 0 Å². The first-order valence-corrected chi connectivity index (χ1v) is 6.55. The normalized spacial score (nSPS) is 18.8. The molecular formula is C15H14N4O. The quantitative estimate of drug-likeness (QED) is 0.841. The number of piperazine rings is 1. The SMILES string of the molecule is N#CC1CNCCN1C(=O)c1ccc2ncccc2c1. The predicted octanol–water partition coefficient (Wildman–Crippen LogP) is 1.17. The predicted molar refractivity (Wildman–Crippen MR) is 75.1 cm³/mol. The molecule has 1 atom stereocenters. The van der Waals surface area contributed by atoms with Crippen molar-refractivity contribution in [1.29, 1.82) is 5.26 Å². The number of carbonyl (C=O) groups excluding carboxylic acids is 1.